The van der Waals surface area contributed by atoms with E-state index in [9.17, 15) is 18.0 Å². The Kier molecular flexibility index (Phi) is 8.21. The average Bonchev–Trinajstić information content (AvgIpc) is 2.82. The molecule has 3 aromatic rings. The van der Waals surface area contributed by atoms with Gasteiger partial charge in [-0.15, -0.1) is 0 Å². The van der Waals surface area contributed by atoms with Crippen molar-refractivity contribution in [2.24, 2.45) is 11.8 Å². The summed E-state index contributed by atoms with van der Waals surface area (Å²) in [4.78, 5) is 25.9. The summed E-state index contributed by atoms with van der Waals surface area (Å²) in [5.41, 5.74) is 4.16. The lowest BCUT2D eigenvalue weighted by Gasteiger charge is -2.17. The molecule has 4 nitrogen and oxygen atoms in total. The molecule has 3 rings (SSSR count). The molecule has 34 heavy (non-hydrogen) atoms. The molecule has 0 aliphatic rings. The first-order chi connectivity index (χ1) is 16.1. The van der Waals surface area contributed by atoms with Crippen LogP contribution >= 0.6 is 0 Å². The number of rotatable bonds is 10. The monoisotopic (exact) mass is 476 g/mol. The molecule has 1 unspecified atom stereocenters. The van der Waals surface area contributed by atoms with Crippen molar-refractivity contribution in [2.45, 2.75) is 45.4 Å². The Morgan fingerprint density at radius 3 is 1.68 bits per heavy atom. The normalized spacial score (nSPS) is 12.5. The van der Waals surface area contributed by atoms with Crippen LogP contribution in [0.25, 0.3) is 0 Å². The van der Waals surface area contributed by atoms with Crippen molar-refractivity contribution in [3.63, 3.8) is 0 Å². The molecule has 0 fully saturated rings. The second kappa shape index (κ2) is 10.9. The summed E-state index contributed by atoms with van der Waals surface area (Å²) in [7, 11) is -3.65. The number of hydrogen-bond acceptors (Lipinski definition) is 4. The van der Waals surface area contributed by atoms with Gasteiger partial charge in [-0.25, -0.2) is 8.42 Å². The van der Waals surface area contributed by atoms with Gasteiger partial charge in [0.2, 0.25) is 0 Å². The number of aryl methyl sites for hydroxylation is 3. The molecule has 0 N–H and O–H groups in total. The molecule has 178 valence electrons. The molecule has 0 saturated carbocycles. The van der Waals surface area contributed by atoms with Gasteiger partial charge >= 0.3 is 0 Å². The van der Waals surface area contributed by atoms with E-state index >= 15 is 0 Å². The molecular weight excluding hydrogens is 444 g/mol. The van der Waals surface area contributed by atoms with Crippen molar-refractivity contribution in [1.29, 1.82) is 0 Å². The number of hydrogen-bond donors (Lipinski definition) is 0. The first-order valence-electron chi connectivity index (χ1n) is 11.6. The minimum absolute atomic E-state index is 0.0110. The standard InChI is InChI=1S/C29H32O4S/c1-20(2)28(30)24-13-15-25(16-14-24)29(31)26(12-11-23-9-5-21(3)6-10-23)19-34(32,33)27-17-7-22(4)8-18-27/h5-10,13-18,20,26H,11-12,19H2,1-4H3. The highest BCUT2D eigenvalue weighted by Gasteiger charge is 2.28. The zero-order valence-corrected chi connectivity index (χ0v) is 21.1. The Morgan fingerprint density at radius 2 is 1.18 bits per heavy atom. The van der Waals surface area contributed by atoms with E-state index in [1.807, 2.05) is 52.0 Å². The third-order valence-electron chi connectivity index (χ3n) is 6.05. The lowest BCUT2D eigenvalue weighted by atomic mass is 9.91. The number of carbonyl (C=O) groups is 2. The van der Waals surface area contributed by atoms with Crippen molar-refractivity contribution in [1.82, 2.24) is 0 Å². The minimum Gasteiger partial charge on any atom is -0.294 e. The fourth-order valence-corrected chi connectivity index (χ4v) is 5.45. The topological polar surface area (TPSA) is 68.3 Å². The molecule has 0 bridgehead atoms. The molecule has 0 heterocycles. The SMILES string of the molecule is Cc1ccc(CCC(CS(=O)(=O)c2ccc(C)cc2)C(=O)c2ccc(C(=O)C(C)C)cc2)cc1. The molecule has 0 spiro atoms. The number of carbonyl (C=O) groups excluding carboxylic acids is 2. The lowest BCUT2D eigenvalue weighted by molar-refractivity contribution is 0.0919. The molecule has 0 amide bonds. The van der Waals surface area contributed by atoms with E-state index in [4.69, 9.17) is 0 Å². The molecule has 0 aliphatic heterocycles. The Balaban J connectivity index is 1.86. The number of benzene rings is 3. The third-order valence-corrected chi connectivity index (χ3v) is 7.88. The van der Waals surface area contributed by atoms with Crippen LogP contribution in [-0.4, -0.2) is 25.7 Å². The Morgan fingerprint density at radius 1 is 0.706 bits per heavy atom. The van der Waals surface area contributed by atoms with Crippen molar-refractivity contribution in [3.8, 4) is 0 Å². The van der Waals surface area contributed by atoms with Crippen molar-refractivity contribution in [2.75, 3.05) is 5.75 Å². The van der Waals surface area contributed by atoms with Crippen LogP contribution in [0.3, 0.4) is 0 Å². The van der Waals surface area contributed by atoms with Gasteiger partial charge in [0.25, 0.3) is 0 Å². The molecular formula is C29H32O4S. The van der Waals surface area contributed by atoms with E-state index in [0.29, 0.717) is 24.0 Å². The highest BCUT2D eigenvalue weighted by molar-refractivity contribution is 7.91. The molecule has 0 radical (unpaired) electrons. The number of Topliss-reactive ketones (excluding diaryl/α,β-unsaturated/α-hetero) is 2. The zero-order valence-electron chi connectivity index (χ0n) is 20.2. The van der Waals surface area contributed by atoms with E-state index in [1.54, 1.807) is 48.5 Å². The van der Waals surface area contributed by atoms with E-state index in [0.717, 1.165) is 16.7 Å². The van der Waals surface area contributed by atoms with Gasteiger partial charge in [0, 0.05) is 23.0 Å². The summed E-state index contributed by atoms with van der Waals surface area (Å²) < 4.78 is 26.3. The van der Waals surface area contributed by atoms with Gasteiger partial charge in [-0.3, -0.25) is 9.59 Å². The Labute approximate surface area is 203 Å². The van der Waals surface area contributed by atoms with Crippen LogP contribution in [0.1, 0.15) is 57.7 Å². The highest BCUT2D eigenvalue weighted by Crippen LogP contribution is 2.23. The lowest BCUT2D eigenvalue weighted by Crippen LogP contribution is -2.25. The zero-order chi connectivity index (χ0) is 24.9. The predicted molar refractivity (Wildman–Crippen MR) is 136 cm³/mol. The molecule has 0 saturated heterocycles. The maximum absolute atomic E-state index is 13.4. The van der Waals surface area contributed by atoms with E-state index in [-0.39, 0.29) is 28.1 Å². The molecule has 0 aromatic heterocycles. The molecule has 3 aromatic carbocycles. The molecule has 5 heteroatoms. The fraction of sp³-hybridized carbons (Fsp3) is 0.310. The Hall–Kier alpha value is -3.05. The van der Waals surface area contributed by atoms with Crippen LogP contribution in [0.4, 0.5) is 0 Å². The van der Waals surface area contributed by atoms with Gasteiger partial charge in [-0.1, -0.05) is 85.6 Å². The van der Waals surface area contributed by atoms with Crippen LogP contribution in [0, 0.1) is 25.7 Å². The number of ketones is 2. The summed E-state index contributed by atoms with van der Waals surface area (Å²) in [5.74, 6) is -1.29. The number of sulfone groups is 1. The second-order valence-corrected chi connectivity index (χ2v) is 11.3. The van der Waals surface area contributed by atoms with Gasteiger partial charge in [0.15, 0.2) is 21.4 Å². The van der Waals surface area contributed by atoms with Gasteiger partial charge in [0.1, 0.15) is 0 Å². The van der Waals surface area contributed by atoms with Crippen LogP contribution in [0.2, 0.25) is 0 Å². The van der Waals surface area contributed by atoms with Crippen molar-refractivity contribution >= 4 is 21.4 Å². The molecule has 1 atom stereocenters. The van der Waals surface area contributed by atoms with Crippen molar-refractivity contribution in [3.05, 3.63) is 101 Å². The molecule has 0 aliphatic carbocycles. The van der Waals surface area contributed by atoms with Gasteiger partial charge in [-0.2, -0.15) is 0 Å². The fourth-order valence-electron chi connectivity index (χ4n) is 3.86. The first kappa shape index (κ1) is 25.6. The summed E-state index contributed by atoms with van der Waals surface area (Å²) in [6.45, 7) is 7.58. The second-order valence-electron chi connectivity index (χ2n) is 9.28. The summed E-state index contributed by atoms with van der Waals surface area (Å²) in [5, 5.41) is 0. The smallest absolute Gasteiger partial charge is 0.179 e. The maximum Gasteiger partial charge on any atom is 0.179 e. The van der Waals surface area contributed by atoms with Crippen LogP contribution in [-0.2, 0) is 16.3 Å². The summed E-state index contributed by atoms with van der Waals surface area (Å²) in [6, 6.07) is 21.3. The predicted octanol–water partition coefficient (Wildman–Crippen LogP) is 6.05. The van der Waals surface area contributed by atoms with E-state index < -0.39 is 15.8 Å². The van der Waals surface area contributed by atoms with Crippen LogP contribution < -0.4 is 0 Å². The highest BCUT2D eigenvalue weighted by atomic mass is 32.2. The summed E-state index contributed by atoms with van der Waals surface area (Å²) >= 11 is 0. The van der Waals surface area contributed by atoms with E-state index in [1.165, 1.54) is 0 Å². The minimum atomic E-state index is -3.65. The third kappa shape index (κ3) is 6.51. The largest absolute Gasteiger partial charge is 0.294 e. The van der Waals surface area contributed by atoms with Crippen molar-refractivity contribution < 1.29 is 18.0 Å². The quantitative estimate of drug-likeness (QED) is 0.334. The maximum atomic E-state index is 13.4. The first-order valence-corrected chi connectivity index (χ1v) is 13.3. The van der Waals surface area contributed by atoms with Gasteiger partial charge < -0.3 is 0 Å². The van der Waals surface area contributed by atoms with E-state index in [2.05, 4.69) is 0 Å². The van der Waals surface area contributed by atoms with Gasteiger partial charge in [-0.05, 0) is 44.4 Å². The Bertz CT molecular complexity index is 1240. The van der Waals surface area contributed by atoms with Crippen LogP contribution in [0.5, 0.6) is 0 Å². The van der Waals surface area contributed by atoms with Gasteiger partial charge in [0.05, 0.1) is 10.6 Å². The average molecular weight is 477 g/mol. The summed E-state index contributed by atoms with van der Waals surface area (Å²) in [6.07, 6.45) is 1.02. The van der Waals surface area contributed by atoms with Crippen LogP contribution in [0.15, 0.2) is 77.7 Å².